The number of aromatic nitrogens is 1. The highest BCUT2D eigenvalue weighted by Crippen LogP contribution is 2.45. The minimum absolute atomic E-state index is 0.105. The van der Waals surface area contributed by atoms with Crippen molar-refractivity contribution in [3.05, 3.63) is 70.0 Å². The smallest absolute Gasteiger partial charge is 0.356 e. The van der Waals surface area contributed by atoms with Crippen molar-refractivity contribution in [2.75, 3.05) is 37.5 Å². The number of hydrogen-bond donors (Lipinski definition) is 0. The quantitative estimate of drug-likeness (QED) is 0.378. The minimum Gasteiger partial charge on any atom is -0.464 e. The van der Waals surface area contributed by atoms with Gasteiger partial charge in [-0.1, -0.05) is 17.7 Å². The van der Waals surface area contributed by atoms with Gasteiger partial charge in [0.15, 0.2) is 0 Å². The summed E-state index contributed by atoms with van der Waals surface area (Å²) in [4.78, 5) is 33.6. The zero-order chi connectivity index (χ0) is 26.4. The van der Waals surface area contributed by atoms with Gasteiger partial charge in [0.25, 0.3) is 6.43 Å². The molecule has 0 radical (unpaired) electrons. The van der Waals surface area contributed by atoms with Gasteiger partial charge < -0.3 is 14.5 Å². The summed E-state index contributed by atoms with van der Waals surface area (Å²) < 4.78 is 33.4. The van der Waals surface area contributed by atoms with Crippen molar-refractivity contribution in [1.82, 2.24) is 9.88 Å². The van der Waals surface area contributed by atoms with Gasteiger partial charge in [0.2, 0.25) is 0 Å². The highest BCUT2D eigenvalue weighted by atomic mass is 35.5. The number of carbonyl (C=O) groups excluding carboxylic acids is 2. The van der Waals surface area contributed by atoms with E-state index in [1.165, 1.54) is 25.4 Å². The molecule has 5 rings (SSSR count). The van der Waals surface area contributed by atoms with Gasteiger partial charge in [-0.05, 0) is 54.3 Å². The molecule has 0 fully saturated rings. The first-order valence-corrected chi connectivity index (χ1v) is 12.2. The van der Waals surface area contributed by atoms with Gasteiger partial charge in [0.05, 0.1) is 19.3 Å². The molecule has 0 bridgehead atoms. The Labute approximate surface area is 218 Å². The number of ether oxygens (including phenoxy) is 1. The molecule has 2 aliphatic heterocycles. The Morgan fingerprint density at radius 1 is 1.11 bits per heavy atom. The Balaban J connectivity index is 1.63. The van der Waals surface area contributed by atoms with E-state index in [0.29, 0.717) is 40.6 Å². The summed E-state index contributed by atoms with van der Waals surface area (Å²) in [6.45, 7) is 1.01. The van der Waals surface area contributed by atoms with E-state index in [2.05, 4.69) is 9.72 Å². The van der Waals surface area contributed by atoms with E-state index in [-0.39, 0.29) is 17.3 Å². The molecule has 3 heterocycles. The average molecular weight is 527 g/mol. The Morgan fingerprint density at radius 3 is 2.54 bits per heavy atom. The molecule has 2 aliphatic rings. The minimum atomic E-state index is -2.73. The van der Waals surface area contributed by atoms with Gasteiger partial charge >= 0.3 is 12.0 Å². The SMILES string of the molecule is COC(=O)c1ccc(-c2cc3c(cc2C(F)F)N(c2cc(Cl)cc4c2CN(C)C(=O)N4C)CCC3)cn1. The number of anilines is 3. The molecule has 0 unspecified atom stereocenters. The third kappa shape index (κ3) is 4.37. The third-order valence-corrected chi connectivity index (χ3v) is 7.12. The predicted octanol–water partition coefficient (Wildman–Crippen LogP) is 6.21. The van der Waals surface area contributed by atoms with Crippen molar-refractivity contribution in [3.8, 4) is 11.1 Å². The molecule has 3 aromatic rings. The fraction of sp³-hybridized carbons (Fsp3) is 0.296. The third-order valence-electron chi connectivity index (χ3n) is 6.90. The maximum Gasteiger partial charge on any atom is 0.356 e. The lowest BCUT2D eigenvalue weighted by Crippen LogP contribution is -2.43. The van der Waals surface area contributed by atoms with E-state index in [9.17, 15) is 18.4 Å². The van der Waals surface area contributed by atoms with E-state index in [4.69, 9.17) is 11.6 Å². The largest absolute Gasteiger partial charge is 0.464 e. The van der Waals surface area contributed by atoms with E-state index in [1.54, 1.807) is 42.1 Å². The first-order chi connectivity index (χ1) is 17.7. The number of amides is 2. The van der Waals surface area contributed by atoms with Crippen molar-refractivity contribution >= 4 is 40.7 Å². The lowest BCUT2D eigenvalue weighted by atomic mass is 9.91. The van der Waals surface area contributed by atoms with Gasteiger partial charge in [-0.25, -0.2) is 23.4 Å². The molecule has 0 atom stereocenters. The molecule has 0 saturated heterocycles. The molecule has 37 heavy (non-hydrogen) atoms. The number of aryl methyl sites for hydroxylation is 1. The van der Waals surface area contributed by atoms with Crippen LogP contribution in [-0.4, -0.2) is 49.6 Å². The van der Waals surface area contributed by atoms with Crippen LogP contribution in [0.1, 0.15) is 40.0 Å². The lowest BCUT2D eigenvalue weighted by Gasteiger charge is -2.39. The average Bonchev–Trinajstić information content (AvgIpc) is 2.90. The number of nitrogens with zero attached hydrogens (tertiary/aromatic N) is 4. The molecule has 0 saturated carbocycles. The molecular weight excluding hydrogens is 502 g/mol. The van der Waals surface area contributed by atoms with Crippen LogP contribution in [0, 0.1) is 0 Å². The summed E-state index contributed by atoms with van der Waals surface area (Å²) in [5.41, 5.74) is 4.87. The monoisotopic (exact) mass is 526 g/mol. The molecule has 7 nitrogen and oxygen atoms in total. The lowest BCUT2D eigenvalue weighted by molar-refractivity contribution is 0.0594. The number of pyridine rings is 1. The number of rotatable bonds is 4. The summed E-state index contributed by atoms with van der Waals surface area (Å²) in [7, 11) is 4.68. The fourth-order valence-corrected chi connectivity index (χ4v) is 5.29. The van der Waals surface area contributed by atoms with E-state index >= 15 is 0 Å². The van der Waals surface area contributed by atoms with Crippen LogP contribution in [0.15, 0.2) is 42.6 Å². The van der Waals surface area contributed by atoms with E-state index in [0.717, 1.165) is 29.7 Å². The topological polar surface area (TPSA) is 66.0 Å². The number of esters is 1. The molecule has 0 N–H and O–H groups in total. The van der Waals surface area contributed by atoms with Crippen molar-refractivity contribution in [2.24, 2.45) is 0 Å². The Morgan fingerprint density at radius 2 is 1.86 bits per heavy atom. The first-order valence-electron chi connectivity index (χ1n) is 11.8. The molecule has 10 heteroatoms. The first kappa shape index (κ1) is 25.0. The van der Waals surface area contributed by atoms with Crippen molar-refractivity contribution in [3.63, 3.8) is 0 Å². The second kappa shape index (κ2) is 9.63. The van der Waals surface area contributed by atoms with Crippen LogP contribution in [-0.2, 0) is 17.7 Å². The Hall–Kier alpha value is -3.72. The molecule has 192 valence electrons. The standard InChI is InChI=1S/C27H25ClF2N4O3/c1-32-14-20-23(33(2)27(32)36)10-17(28)11-24(20)34-8-4-5-15-9-18(19(25(29)30)12-22(15)34)16-6-7-21(31-13-16)26(35)37-3/h6-7,9-13,25H,4-5,8,14H2,1-3H3. The number of carbonyl (C=O) groups is 2. The van der Waals surface area contributed by atoms with Crippen LogP contribution in [0.2, 0.25) is 5.02 Å². The van der Waals surface area contributed by atoms with E-state index < -0.39 is 12.4 Å². The highest BCUT2D eigenvalue weighted by Gasteiger charge is 2.32. The number of methoxy groups -OCH3 is 1. The fourth-order valence-electron chi connectivity index (χ4n) is 5.08. The maximum atomic E-state index is 14.4. The summed E-state index contributed by atoms with van der Waals surface area (Å²) in [6, 6.07) is 9.84. The van der Waals surface area contributed by atoms with Crippen molar-refractivity contribution in [2.45, 2.75) is 25.8 Å². The number of alkyl halides is 2. The zero-order valence-corrected chi connectivity index (χ0v) is 21.4. The van der Waals surface area contributed by atoms with Crippen LogP contribution < -0.4 is 9.80 Å². The number of hydrogen-bond acceptors (Lipinski definition) is 5. The van der Waals surface area contributed by atoms with Crippen LogP contribution in [0.25, 0.3) is 11.1 Å². The summed E-state index contributed by atoms with van der Waals surface area (Å²) in [6.07, 6.45) is 0.215. The van der Waals surface area contributed by atoms with Gasteiger partial charge in [0.1, 0.15) is 5.69 Å². The number of benzene rings is 2. The molecule has 0 spiro atoms. The van der Waals surface area contributed by atoms with E-state index in [1.807, 2.05) is 11.0 Å². The maximum absolute atomic E-state index is 14.4. The number of urea groups is 1. The predicted molar refractivity (Wildman–Crippen MR) is 138 cm³/mol. The molecule has 1 aromatic heterocycles. The van der Waals surface area contributed by atoms with Crippen LogP contribution in [0.3, 0.4) is 0 Å². The molecule has 0 aliphatic carbocycles. The van der Waals surface area contributed by atoms with Gasteiger partial charge in [0, 0.05) is 59.9 Å². The Kier molecular flexibility index (Phi) is 6.49. The Bertz CT molecular complexity index is 1400. The second-order valence-electron chi connectivity index (χ2n) is 9.17. The van der Waals surface area contributed by atoms with Gasteiger partial charge in [-0.3, -0.25) is 4.90 Å². The summed E-state index contributed by atoms with van der Waals surface area (Å²) in [5.74, 6) is -0.593. The summed E-state index contributed by atoms with van der Waals surface area (Å²) >= 11 is 6.47. The van der Waals surface area contributed by atoms with Crippen molar-refractivity contribution < 1.29 is 23.1 Å². The van der Waals surface area contributed by atoms with Crippen LogP contribution in [0.4, 0.5) is 30.6 Å². The number of fused-ring (bicyclic) bond motifs is 2. The summed E-state index contributed by atoms with van der Waals surface area (Å²) in [5, 5.41) is 0.465. The normalized spacial score (nSPS) is 15.1. The van der Waals surface area contributed by atoms with Gasteiger partial charge in [-0.15, -0.1) is 0 Å². The van der Waals surface area contributed by atoms with Crippen LogP contribution >= 0.6 is 11.6 Å². The van der Waals surface area contributed by atoms with Gasteiger partial charge in [-0.2, -0.15) is 0 Å². The number of halogens is 3. The second-order valence-corrected chi connectivity index (χ2v) is 9.60. The zero-order valence-electron chi connectivity index (χ0n) is 20.6. The molecule has 2 amide bonds. The molecular formula is C27H25ClF2N4O3. The van der Waals surface area contributed by atoms with Crippen LogP contribution in [0.5, 0.6) is 0 Å². The van der Waals surface area contributed by atoms with Crippen molar-refractivity contribution in [1.29, 1.82) is 0 Å². The molecule has 2 aromatic carbocycles. The highest BCUT2D eigenvalue weighted by molar-refractivity contribution is 6.31.